The van der Waals surface area contributed by atoms with Gasteiger partial charge in [-0.1, -0.05) is 25.0 Å². The van der Waals surface area contributed by atoms with Gasteiger partial charge in [0.05, 0.1) is 17.8 Å². The number of fused-ring (bicyclic) bond motifs is 2. The number of carbonyl (C=O) groups excluding carboxylic acids is 3. The summed E-state index contributed by atoms with van der Waals surface area (Å²) < 4.78 is 6.81. The fraction of sp³-hybridized carbons (Fsp3) is 0.486. The molecule has 2 aliphatic heterocycles. The van der Waals surface area contributed by atoms with E-state index < -0.39 is 53.1 Å². The first-order valence-corrected chi connectivity index (χ1v) is 18.5. The van der Waals surface area contributed by atoms with Crippen LogP contribution in [-0.4, -0.2) is 73.4 Å². The topological polar surface area (TPSA) is 160 Å². The van der Waals surface area contributed by atoms with Crippen LogP contribution in [0.25, 0.3) is 22.3 Å². The van der Waals surface area contributed by atoms with Crippen molar-refractivity contribution in [1.82, 2.24) is 25.3 Å². The number of rotatable bonds is 5. The van der Waals surface area contributed by atoms with Crippen molar-refractivity contribution < 1.29 is 29.0 Å². The molecule has 3 amide bonds. The normalized spacial score (nSPS) is 26.8. The number of aliphatic carboxylic acids is 1. The Morgan fingerprint density at radius 1 is 1.08 bits per heavy atom. The van der Waals surface area contributed by atoms with Gasteiger partial charge in [0.15, 0.2) is 0 Å². The molecule has 12 nitrogen and oxygen atoms in total. The Bertz CT molecular complexity index is 1800. The van der Waals surface area contributed by atoms with Crippen molar-refractivity contribution in [1.29, 1.82) is 0 Å². The van der Waals surface area contributed by atoms with Gasteiger partial charge in [0.2, 0.25) is 11.8 Å². The van der Waals surface area contributed by atoms with Crippen molar-refractivity contribution in [2.24, 2.45) is 5.92 Å². The molecule has 1 saturated heterocycles. The largest absolute Gasteiger partial charge is 0.479 e. The van der Waals surface area contributed by atoms with Crippen molar-refractivity contribution in [3.63, 3.8) is 0 Å². The number of ether oxygens (including phenoxy) is 1. The van der Waals surface area contributed by atoms with Gasteiger partial charge in [-0.3, -0.25) is 14.4 Å². The Balaban J connectivity index is 1.38. The maximum absolute atomic E-state index is 14.4. The molecule has 3 aromatic rings. The van der Waals surface area contributed by atoms with Crippen molar-refractivity contribution in [2.45, 2.75) is 95.0 Å². The molecule has 0 bridgehead atoms. The highest BCUT2D eigenvalue weighted by molar-refractivity contribution is 7.08. The second kappa shape index (κ2) is 13.9. The summed E-state index contributed by atoms with van der Waals surface area (Å²) >= 11 is 2.97. The average molecular weight is 708 g/mol. The molecule has 5 heterocycles. The lowest BCUT2D eigenvalue weighted by atomic mass is 10.0. The number of carboxylic acid groups (broad SMARTS) is 1. The van der Waals surface area contributed by atoms with Crippen molar-refractivity contribution >= 4 is 46.6 Å². The third kappa shape index (κ3) is 7.35. The number of allylic oxidation sites excluding steroid dienone is 1. The Hall–Kier alpha value is -4.30. The van der Waals surface area contributed by atoms with Gasteiger partial charge in [0.25, 0.3) is 5.56 Å². The predicted octanol–water partition coefficient (Wildman–Crippen LogP) is 5.22. The summed E-state index contributed by atoms with van der Waals surface area (Å²) in [6.07, 6.45) is 8.24. The van der Waals surface area contributed by atoms with Crippen molar-refractivity contribution in [3.8, 4) is 22.3 Å². The van der Waals surface area contributed by atoms with Crippen LogP contribution in [0, 0.1) is 5.92 Å². The molecule has 14 heteroatoms. The van der Waals surface area contributed by atoms with Crippen molar-refractivity contribution in [3.05, 3.63) is 62.4 Å². The SMILES string of the molecule is CC(C)(C)OC(=O)N[C@H]1CCCCC/C=C\[C@@H]2C[C@@]2(C(=O)O)NC(=O)[C@@H]2C[C@@H](n3ncc(-c4ccsc4)c(-c4ccsc4)c3=O)CN2C1=O. The molecule has 0 unspecified atom stereocenters. The second-order valence-corrected chi connectivity index (χ2v) is 15.5. The summed E-state index contributed by atoms with van der Waals surface area (Å²) in [4.78, 5) is 69.5. The lowest BCUT2D eigenvalue weighted by molar-refractivity contribution is -0.145. The molecular formula is C35H41N5O7S2. The second-order valence-electron chi connectivity index (χ2n) is 13.9. The summed E-state index contributed by atoms with van der Waals surface area (Å²) in [6, 6.07) is 0.988. The van der Waals surface area contributed by atoms with Gasteiger partial charge in [-0.05, 0) is 91.2 Å². The fourth-order valence-electron chi connectivity index (χ4n) is 6.75. The van der Waals surface area contributed by atoms with Crippen LogP contribution in [0.15, 0.2) is 56.8 Å². The Kier molecular flexibility index (Phi) is 9.81. The van der Waals surface area contributed by atoms with E-state index in [4.69, 9.17) is 4.74 Å². The molecule has 3 aliphatic rings. The van der Waals surface area contributed by atoms with Gasteiger partial charge in [-0.2, -0.15) is 27.8 Å². The molecule has 0 spiro atoms. The van der Waals surface area contributed by atoms with Gasteiger partial charge < -0.3 is 25.4 Å². The van der Waals surface area contributed by atoms with Crippen LogP contribution in [-0.2, 0) is 19.1 Å². The molecule has 260 valence electrons. The minimum Gasteiger partial charge on any atom is -0.479 e. The van der Waals surface area contributed by atoms with Crippen LogP contribution < -0.4 is 16.2 Å². The molecule has 3 N–H and O–H groups in total. The quantitative estimate of drug-likeness (QED) is 0.305. The van der Waals surface area contributed by atoms with Crippen LogP contribution in [0.5, 0.6) is 0 Å². The zero-order chi connectivity index (χ0) is 34.9. The van der Waals surface area contributed by atoms with Crippen molar-refractivity contribution in [2.75, 3.05) is 6.54 Å². The number of nitrogens with one attached hydrogen (secondary N) is 2. The number of hydrogen-bond acceptors (Lipinski definition) is 9. The molecule has 0 aromatic carbocycles. The smallest absolute Gasteiger partial charge is 0.408 e. The van der Waals surface area contributed by atoms with E-state index in [0.29, 0.717) is 24.0 Å². The van der Waals surface area contributed by atoms with E-state index in [-0.39, 0.29) is 30.9 Å². The monoisotopic (exact) mass is 707 g/mol. The molecule has 5 atom stereocenters. The van der Waals surface area contributed by atoms with Gasteiger partial charge in [-0.15, -0.1) is 0 Å². The zero-order valence-electron chi connectivity index (χ0n) is 27.7. The molecular weight excluding hydrogens is 667 g/mol. The number of aromatic nitrogens is 2. The highest BCUT2D eigenvalue weighted by Crippen LogP contribution is 2.45. The lowest BCUT2D eigenvalue weighted by Crippen LogP contribution is -2.56. The maximum atomic E-state index is 14.4. The summed E-state index contributed by atoms with van der Waals surface area (Å²) in [7, 11) is 0. The van der Waals surface area contributed by atoms with Gasteiger partial charge >= 0.3 is 12.1 Å². The Morgan fingerprint density at radius 3 is 2.49 bits per heavy atom. The van der Waals surface area contributed by atoms with E-state index in [1.807, 2.05) is 45.8 Å². The number of carbonyl (C=O) groups is 4. The van der Waals surface area contributed by atoms with E-state index in [0.717, 1.165) is 30.4 Å². The van der Waals surface area contributed by atoms with E-state index in [1.54, 1.807) is 27.0 Å². The fourth-order valence-corrected chi connectivity index (χ4v) is 8.06. The highest BCUT2D eigenvalue weighted by atomic mass is 32.1. The maximum Gasteiger partial charge on any atom is 0.408 e. The lowest BCUT2D eigenvalue weighted by Gasteiger charge is -2.30. The molecule has 0 radical (unpaired) electrons. The van der Waals surface area contributed by atoms with Gasteiger partial charge in [-0.25, -0.2) is 14.3 Å². The third-order valence-electron chi connectivity index (χ3n) is 9.32. The summed E-state index contributed by atoms with van der Waals surface area (Å²) in [5.74, 6) is -2.64. The van der Waals surface area contributed by atoms with E-state index in [1.165, 1.54) is 32.3 Å². The number of thiophene rings is 2. The van der Waals surface area contributed by atoms with Crippen LogP contribution >= 0.6 is 22.7 Å². The number of nitrogens with zero attached hydrogens (tertiary/aromatic N) is 3. The third-order valence-corrected chi connectivity index (χ3v) is 10.7. The molecule has 49 heavy (non-hydrogen) atoms. The van der Waals surface area contributed by atoms with Crippen LogP contribution in [0.4, 0.5) is 4.79 Å². The summed E-state index contributed by atoms with van der Waals surface area (Å²) in [6.45, 7) is 5.14. The first kappa shape index (κ1) is 34.6. The van der Waals surface area contributed by atoms with E-state index in [2.05, 4.69) is 15.7 Å². The first-order chi connectivity index (χ1) is 23.4. The molecule has 1 saturated carbocycles. The number of amides is 3. The average Bonchev–Trinajstić information content (AvgIpc) is 3.56. The van der Waals surface area contributed by atoms with E-state index in [9.17, 15) is 29.1 Å². The summed E-state index contributed by atoms with van der Waals surface area (Å²) in [5, 5.41) is 27.9. The number of carboxylic acids is 1. The van der Waals surface area contributed by atoms with Crippen LogP contribution in [0.1, 0.15) is 71.8 Å². The summed E-state index contributed by atoms with van der Waals surface area (Å²) in [5.41, 5.74) is 0.122. The highest BCUT2D eigenvalue weighted by Gasteiger charge is 2.61. The minimum atomic E-state index is -1.47. The van der Waals surface area contributed by atoms with E-state index >= 15 is 0 Å². The standard InChI is InChI=1S/C35H41N5O7S2/c1-34(2,3)47-33(46)37-26-10-8-6-4-5-7-9-23-16-35(23,32(44)45)38-29(41)27-15-24(18-39(27)30(26)42)40-31(43)28(22-12-14-49-20-22)25(17-36-40)21-11-13-48-19-21/h7,9,11-14,17,19-20,23-24,26-27H,4-6,8,10,15-16,18H2,1-3H3,(H,37,46)(H,38,41)(H,44,45)/b9-7-/t23-,24-,26+,27+,35-/m1/s1. The zero-order valence-corrected chi connectivity index (χ0v) is 29.4. The Morgan fingerprint density at radius 2 is 1.82 bits per heavy atom. The molecule has 6 rings (SSSR count). The Labute approximate surface area is 292 Å². The van der Waals surface area contributed by atoms with Gasteiger partial charge in [0, 0.05) is 24.4 Å². The first-order valence-electron chi connectivity index (χ1n) is 16.6. The number of alkyl carbamates (subject to hydrolysis) is 1. The molecule has 3 aromatic heterocycles. The van der Waals surface area contributed by atoms with Crippen LogP contribution in [0.3, 0.4) is 0 Å². The molecule has 2 fully saturated rings. The van der Waals surface area contributed by atoms with Gasteiger partial charge in [0.1, 0.15) is 23.2 Å². The van der Waals surface area contributed by atoms with Crippen LogP contribution in [0.2, 0.25) is 0 Å². The minimum absolute atomic E-state index is 0.0285. The predicted molar refractivity (Wildman–Crippen MR) is 186 cm³/mol. The number of hydrogen-bond donors (Lipinski definition) is 3. The molecule has 1 aliphatic carbocycles.